The fourth-order valence-electron chi connectivity index (χ4n) is 1.10. The molecule has 0 aromatic rings. The van der Waals surface area contributed by atoms with Gasteiger partial charge in [0.2, 0.25) is 0 Å². The van der Waals surface area contributed by atoms with Crippen molar-refractivity contribution in [2.45, 2.75) is 25.8 Å². The van der Waals surface area contributed by atoms with Gasteiger partial charge in [0.25, 0.3) is 0 Å². The van der Waals surface area contributed by atoms with Gasteiger partial charge in [0.1, 0.15) is 0 Å². The molecule has 2 heteroatoms. The van der Waals surface area contributed by atoms with Crippen molar-refractivity contribution < 1.29 is 0 Å². The van der Waals surface area contributed by atoms with E-state index < -0.39 is 0 Å². The summed E-state index contributed by atoms with van der Waals surface area (Å²) in [4.78, 5) is 0. The lowest BCUT2D eigenvalue weighted by molar-refractivity contribution is 0.544. The van der Waals surface area contributed by atoms with E-state index in [0.717, 1.165) is 19.6 Å². The number of rotatable bonds is 3. The van der Waals surface area contributed by atoms with E-state index >= 15 is 0 Å². The Balaban J connectivity index is 1.98. The highest BCUT2D eigenvalue weighted by atomic mass is 15.0. The predicted molar refractivity (Wildman–Crippen MR) is 38.6 cm³/mol. The number of hydrogen-bond donors (Lipinski definition) is 1. The van der Waals surface area contributed by atoms with Crippen LogP contribution in [0.15, 0.2) is 0 Å². The van der Waals surface area contributed by atoms with Crippen LogP contribution in [0, 0.1) is 0 Å². The Morgan fingerprint density at radius 2 is 2.56 bits per heavy atom. The first-order valence-corrected chi connectivity index (χ1v) is 3.80. The minimum atomic E-state index is 0.699. The average molecular weight is 127 g/mol. The number of hydrogen-bond acceptors (Lipinski definition) is 1. The molecule has 0 aromatic heterocycles. The van der Waals surface area contributed by atoms with Gasteiger partial charge in [0.15, 0.2) is 0 Å². The zero-order valence-corrected chi connectivity index (χ0v) is 6.06. The van der Waals surface area contributed by atoms with Crippen LogP contribution in [0.4, 0.5) is 0 Å². The van der Waals surface area contributed by atoms with Crippen molar-refractivity contribution in [2.75, 3.05) is 19.6 Å². The van der Waals surface area contributed by atoms with E-state index in [1.165, 1.54) is 12.8 Å². The van der Waals surface area contributed by atoms with Crippen LogP contribution in [0.25, 0.3) is 0 Å². The minimum Gasteiger partial charge on any atom is -0.313 e. The summed E-state index contributed by atoms with van der Waals surface area (Å²) in [5.41, 5.74) is 0. The average Bonchev–Trinajstić information content (AvgIpc) is 2.34. The van der Waals surface area contributed by atoms with Crippen molar-refractivity contribution in [3.8, 4) is 0 Å². The van der Waals surface area contributed by atoms with Gasteiger partial charge in [-0.15, -0.1) is 0 Å². The Hall–Kier alpha value is -0.0800. The van der Waals surface area contributed by atoms with Gasteiger partial charge in [-0.05, 0) is 19.4 Å². The quantitative estimate of drug-likeness (QED) is 0.582. The van der Waals surface area contributed by atoms with E-state index in [1.807, 2.05) is 0 Å². The van der Waals surface area contributed by atoms with Crippen LogP contribution in [0.5, 0.6) is 0 Å². The first-order valence-electron chi connectivity index (χ1n) is 3.80. The summed E-state index contributed by atoms with van der Waals surface area (Å²) < 4.78 is 0. The lowest BCUT2D eigenvalue weighted by Gasteiger charge is -2.07. The van der Waals surface area contributed by atoms with Gasteiger partial charge in [-0.2, -0.15) is 0 Å². The van der Waals surface area contributed by atoms with Crippen LogP contribution < -0.4 is 10.6 Å². The Labute approximate surface area is 57.0 Å². The largest absolute Gasteiger partial charge is 0.313 e. The minimum absolute atomic E-state index is 0.699. The molecule has 0 spiro atoms. The van der Waals surface area contributed by atoms with Crippen molar-refractivity contribution in [2.24, 2.45) is 0 Å². The molecule has 0 aliphatic carbocycles. The van der Waals surface area contributed by atoms with E-state index in [9.17, 15) is 0 Å². The van der Waals surface area contributed by atoms with Crippen LogP contribution in [-0.2, 0) is 0 Å². The second kappa shape index (κ2) is 3.85. The summed E-state index contributed by atoms with van der Waals surface area (Å²) in [7, 11) is 0. The first-order chi connectivity index (χ1) is 4.43. The highest BCUT2D eigenvalue weighted by Crippen LogP contribution is 1.97. The molecule has 0 aromatic carbocycles. The maximum atomic E-state index is 4.26. The zero-order valence-electron chi connectivity index (χ0n) is 6.06. The Kier molecular flexibility index (Phi) is 3.01. The number of nitrogens with one attached hydrogen (secondary N) is 1. The highest BCUT2D eigenvalue weighted by molar-refractivity contribution is 4.76. The first kappa shape index (κ1) is 7.03. The van der Waals surface area contributed by atoms with Crippen LogP contribution >= 0.6 is 0 Å². The molecular formula is C7H15N2. The van der Waals surface area contributed by atoms with E-state index in [2.05, 4.69) is 17.6 Å². The lowest BCUT2D eigenvalue weighted by atomic mass is 10.2. The smallest absolute Gasteiger partial charge is 0.0288 e. The molecule has 1 atom stereocenters. The fraction of sp³-hybridized carbons (Fsp3) is 1.00. The van der Waals surface area contributed by atoms with Crippen molar-refractivity contribution in [3.63, 3.8) is 0 Å². The molecule has 1 aliphatic heterocycles. The Morgan fingerprint density at radius 3 is 3.11 bits per heavy atom. The summed E-state index contributed by atoms with van der Waals surface area (Å²) >= 11 is 0. The van der Waals surface area contributed by atoms with E-state index in [-0.39, 0.29) is 0 Å². The van der Waals surface area contributed by atoms with Gasteiger partial charge < -0.3 is 5.32 Å². The van der Waals surface area contributed by atoms with Crippen LogP contribution in [-0.4, -0.2) is 25.7 Å². The molecule has 9 heavy (non-hydrogen) atoms. The Morgan fingerprint density at radius 1 is 1.67 bits per heavy atom. The molecule has 53 valence electrons. The maximum absolute atomic E-state index is 4.26. The molecule has 2 nitrogen and oxygen atoms in total. The predicted octanol–water partition coefficient (Wildman–Crippen LogP) is 0.363. The lowest BCUT2D eigenvalue weighted by Crippen LogP contribution is -2.30. The molecular weight excluding hydrogens is 112 g/mol. The summed E-state index contributed by atoms with van der Waals surface area (Å²) in [5, 5.41) is 7.69. The van der Waals surface area contributed by atoms with Gasteiger partial charge in [-0.1, -0.05) is 6.92 Å². The molecule has 1 rings (SSSR count). The second-order valence-corrected chi connectivity index (χ2v) is 2.57. The molecule has 1 N–H and O–H groups in total. The third-order valence-electron chi connectivity index (χ3n) is 1.67. The van der Waals surface area contributed by atoms with Crippen molar-refractivity contribution in [1.29, 1.82) is 0 Å². The summed E-state index contributed by atoms with van der Waals surface area (Å²) in [6.45, 7) is 5.46. The molecule has 1 radical (unpaired) electrons. The summed E-state index contributed by atoms with van der Waals surface area (Å²) in [6.07, 6.45) is 2.48. The zero-order chi connectivity index (χ0) is 6.53. The summed E-state index contributed by atoms with van der Waals surface area (Å²) in [5.74, 6) is 0. The Bertz CT molecular complexity index is 67.3. The van der Waals surface area contributed by atoms with Crippen molar-refractivity contribution in [3.05, 3.63) is 0 Å². The SMILES string of the molecule is CCCNC1CC[N]C1. The van der Waals surface area contributed by atoms with Gasteiger partial charge >= 0.3 is 0 Å². The van der Waals surface area contributed by atoms with Crippen molar-refractivity contribution in [1.82, 2.24) is 10.6 Å². The molecule has 1 aliphatic rings. The van der Waals surface area contributed by atoms with Gasteiger partial charge in [-0.3, -0.25) is 0 Å². The number of nitrogens with zero attached hydrogens (tertiary/aromatic N) is 1. The maximum Gasteiger partial charge on any atom is 0.0288 e. The van der Waals surface area contributed by atoms with Crippen LogP contribution in [0.2, 0.25) is 0 Å². The van der Waals surface area contributed by atoms with Crippen LogP contribution in [0.1, 0.15) is 19.8 Å². The summed E-state index contributed by atoms with van der Waals surface area (Å²) in [6, 6.07) is 0.699. The van der Waals surface area contributed by atoms with Crippen LogP contribution in [0.3, 0.4) is 0 Å². The van der Waals surface area contributed by atoms with E-state index in [0.29, 0.717) is 6.04 Å². The van der Waals surface area contributed by atoms with E-state index in [1.54, 1.807) is 0 Å². The molecule has 1 saturated heterocycles. The van der Waals surface area contributed by atoms with E-state index in [4.69, 9.17) is 0 Å². The van der Waals surface area contributed by atoms with Gasteiger partial charge in [0, 0.05) is 19.1 Å². The fourth-order valence-corrected chi connectivity index (χ4v) is 1.10. The van der Waals surface area contributed by atoms with Crippen molar-refractivity contribution >= 4 is 0 Å². The molecule has 1 fully saturated rings. The topological polar surface area (TPSA) is 26.1 Å². The monoisotopic (exact) mass is 127 g/mol. The molecule has 1 unspecified atom stereocenters. The van der Waals surface area contributed by atoms with Gasteiger partial charge in [0.05, 0.1) is 0 Å². The standard InChI is InChI=1S/C7H15N2/c1-2-4-9-7-3-5-8-6-7/h7,9H,2-6H2,1H3. The molecule has 0 bridgehead atoms. The molecule has 1 heterocycles. The third kappa shape index (κ3) is 2.33. The molecule has 0 amide bonds. The second-order valence-electron chi connectivity index (χ2n) is 2.57. The normalized spacial score (nSPS) is 27.0. The van der Waals surface area contributed by atoms with Gasteiger partial charge in [-0.25, -0.2) is 5.32 Å². The highest BCUT2D eigenvalue weighted by Gasteiger charge is 2.12. The molecule has 0 saturated carbocycles. The third-order valence-corrected chi connectivity index (χ3v) is 1.67.